The fourth-order valence-electron chi connectivity index (χ4n) is 2.66. The molecule has 2 nitrogen and oxygen atoms in total. The first-order chi connectivity index (χ1) is 10.3. The lowest BCUT2D eigenvalue weighted by Gasteiger charge is -2.10. The second-order valence-corrected chi connectivity index (χ2v) is 5.06. The highest BCUT2D eigenvalue weighted by atomic mass is 16.5. The second kappa shape index (κ2) is 5.98. The summed E-state index contributed by atoms with van der Waals surface area (Å²) in [6.07, 6.45) is 0.677. The van der Waals surface area contributed by atoms with Crippen LogP contribution in [0.1, 0.15) is 5.56 Å². The highest BCUT2D eigenvalue weighted by molar-refractivity contribution is 5.88. The molecule has 21 heavy (non-hydrogen) atoms. The predicted molar refractivity (Wildman–Crippen MR) is 86.7 cm³/mol. The average molecular weight is 278 g/mol. The maximum absolute atomic E-state index is 9.21. The summed E-state index contributed by atoms with van der Waals surface area (Å²) >= 11 is 0. The van der Waals surface area contributed by atoms with Gasteiger partial charge in [-0.3, -0.25) is 0 Å². The lowest BCUT2D eigenvalue weighted by Crippen LogP contribution is -1.94. The topological polar surface area (TPSA) is 29.5 Å². The van der Waals surface area contributed by atoms with Gasteiger partial charge < -0.3 is 9.84 Å². The Labute approximate surface area is 124 Å². The van der Waals surface area contributed by atoms with Crippen LogP contribution in [-0.2, 0) is 6.42 Å². The maximum Gasteiger partial charge on any atom is 0.119 e. The van der Waals surface area contributed by atoms with Gasteiger partial charge in [-0.05, 0) is 52.1 Å². The molecule has 0 fully saturated rings. The Morgan fingerprint density at radius 2 is 1.67 bits per heavy atom. The summed E-state index contributed by atoms with van der Waals surface area (Å²) < 4.78 is 5.26. The van der Waals surface area contributed by atoms with Crippen molar-refractivity contribution < 1.29 is 9.84 Å². The van der Waals surface area contributed by atoms with E-state index in [1.807, 2.05) is 24.3 Å². The Hall–Kier alpha value is -2.32. The molecule has 0 radical (unpaired) electrons. The van der Waals surface area contributed by atoms with Crippen LogP contribution < -0.4 is 4.74 Å². The Morgan fingerprint density at radius 1 is 0.905 bits per heavy atom. The number of aliphatic hydroxyl groups is 1. The molecule has 0 amide bonds. The number of fused-ring (bicyclic) bond motifs is 1. The Balaban J connectivity index is 2.09. The van der Waals surface area contributed by atoms with Gasteiger partial charge in [0.1, 0.15) is 5.75 Å². The Kier molecular flexibility index (Phi) is 3.89. The standard InChI is InChI=1S/C19H18O2/c1-21-18-9-8-15-12-17(7-6-16(15)13-18)19-5-3-2-4-14(19)10-11-20/h2-9,12-13,20H,10-11H2,1H3. The van der Waals surface area contributed by atoms with Crippen molar-refractivity contribution in [2.45, 2.75) is 6.42 Å². The molecule has 0 heterocycles. The van der Waals surface area contributed by atoms with E-state index in [1.165, 1.54) is 22.1 Å². The second-order valence-electron chi connectivity index (χ2n) is 5.06. The molecule has 0 atom stereocenters. The van der Waals surface area contributed by atoms with Crippen LogP contribution in [0.2, 0.25) is 0 Å². The molecule has 0 aliphatic rings. The van der Waals surface area contributed by atoms with Gasteiger partial charge in [0.15, 0.2) is 0 Å². The van der Waals surface area contributed by atoms with E-state index in [2.05, 4.69) is 36.4 Å². The van der Waals surface area contributed by atoms with E-state index in [0.29, 0.717) is 6.42 Å². The molecule has 0 spiro atoms. The summed E-state index contributed by atoms with van der Waals surface area (Å²) in [5.41, 5.74) is 3.54. The first-order valence-electron chi connectivity index (χ1n) is 7.09. The summed E-state index contributed by atoms with van der Waals surface area (Å²) in [5.74, 6) is 0.871. The van der Waals surface area contributed by atoms with Crippen molar-refractivity contribution in [2.24, 2.45) is 0 Å². The molecule has 1 N–H and O–H groups in total. The lowest BCUT2D eigenvalue weighted by molar-refractivity contribution is 0.300. The smallest absolute Gasteiger partial charge is 0.119 e. The quantitative estimate of drug-likeness (QED) is 0.780. The van der Waals surface area contributed by atoms with E-state index in [-0.39, 0.29) is 6.61 Å². The van der Waals surface area contributed by atoms with E-state index < -0.39 is 0 Å². The number of rotatable bonds is 4. The molecule has 3 aromatic rings. The van der Waals surface area contributed by atoms with Crippen molar-refractivity contribution in [1.82, 2.24) is 0 Å². The summed E-state index contributed by atoms with van der Waals surface area (Å²) in [7, 11) is 1.68. The molecular formula is C19H18O2. The molecule has 3 aromatic carbocycles. The van der Waals surface area contributed by atoms with Crippen molar-refractivity contribution in [3.8, 4) is 16.9 Å². The zero-order valence-corrected chi connectivity index (χ0v) is 12.0. The van der Waals surface area contributed by atoms with E-state index in [0.717, 1.165) is 11.1 Å². The van der Waals surface area contributed by atoms with Gasteiger partial charge in [-0.25, -0.2) is 0 Å². The molecule has 2 heteroatoms. The summed E-state index contributed by atoms with van der Waals surface area (Å²) in [5, 5.41) is 11.6. The van der Waals surface area contributed by atoms with Crippen LogP contribution in [0.4, 0.5) is 0 Å². The van der Waals surface area contributed by atoms with Crippen molar-refractivity contribution in [1.29, 1.82) is 0 Å². The Morgan fingerprint density at radius 3 is 2.48 bits per heavy atom. The summed E-state index contributed by atoms with van der Waals surface area (Å²) in [6, 6.07) is 20.7. The first-order valence-corrected chi connectivity index (χ1v) is 7.09. The van der Waals surface area contributed by atoms with Crippen molar-refractivity contribution >= 4 is 10.8 Å². The van der Waals surface area contributed by atoms with Crippen molar-refractivity contribution in [3.05, 3.63) is 66.2 Å². The van der Waals surface area contributed by atoms with Gasteiger partial charge in [-0.2, -0.15) is 0 Å². The fraction of sp³-hybridized carbons (Fsp3) is 0.158. The van der Waals surface area contributed by atoms with Crippen LogP contribution in [0.25, 0.3) is 21.9 Å². The zero-order chi connectivity index (χ0) is 14.7. The van der Waals surface area contributed by atoms with E-state index in [9.17, 15) is 5.11 Å². The van der Waals surface area contributed by atoms with Gasteiger partial charge in [-0.15, -0.1) is 0 Å². The van der Waals surface area contributed by atoms with Crippen molar-refractivity contribution in [3.63, 3.8) is 0 Å². The highest BCUT2D eigenvalue weighted by Gasteiger charge is 2.05. The van der Waals surface area contributed by atoms with E-state index >= 15 is 0 Å². The molecule has 0 aliphatic carbocycles. The summed E-state index contributed by atoms with van der Waals surface area (Å²) in [6.45, 7) is 0.168. The predicted octanol–water partition coefficient (Wildman–Crippen LogP) is 4.05. The third-order valence-corrected chi connectivity index (χ3v) is 3.76. The Bertz CT molecular complexity index is 762. The number of benzene rings is 3. The minimum Gasteiger partial charge on any atom is -0.497 e. The highest BCUT2D eigenvalue weighted by Crippen LogP contribution is 2.29. The molecule has 0 saturated carbocycles. The molecule has 0 bridgehead atoms. The minimum atomic E-state index is 0.168. The van der Waals surface area contributed by atoms with Crippen molar-refractivity contribution in [2.75, 3.05) is 13.7 Å². The van der Waals surface area contributed by atoms with Gasteiger partial charge in [0.25, 0.3) is 0 Å². The lowest BCUT2D eigenvalue weighted by atomic mass is 9.96. The van der Waals surface area contributed by atoms with Crippen LogP contribution >= 0.6 is 0 Å². The summed E-state index contributed by atoms with van der Waals surface area (Å²) in [4.78, 5) is 0. The van der Waals surface area contributed by atoms with Crippen LogP contribution in [0.5, 0.6) is 5.75 Å². The van der Waals surface area contributed by atoms with Crippen LogP contribution in [0, 0.1) is 0 Å². The van der Waals surface area contributed by atoms with Gasteiger partial charge in [0.05, 0.1) is 7.11 Å². The number of hydrogen-bond acceptors (Lipinski definition) is 2. The maximum atomic E-state index is 9.21. The molecule has 3 rings (SSSR count). The average Bonchev–Trinajstić information content (AvgIpc) is 2.55. The number of aliphatic hydroxyl groups excluding tert-OH is 1. The van der Waals surface area contributed by atoms with Gasteiger partial charge >= 0.3 is 0 Å². The normalized spacial score (nSPS) is 10.8. The molecule has 0 aromatic heterocycles. The molecule has 0 saturated heterocycles. The molecular weight excluding hydrogens is 260 g/mol. The third kappa shape index (κ3) is 2.76. The largest absolute Gasteiger partial charge is 0.497 e. The molecule has 0 aliphatic heterocycles. The van der Waals surface area contributed by atoms with Crippen LogP contribution in [0.3, 0.4) is 0 Å². The number of hydrogen-bond donors (Lipinski definition) is 1. The monoisotopic (exact) mass is 278 g/mol. The van der Waals surface area contributed by atoms with Crippen LogP contribution in [-0.4, -0.2) is 18.8 Å². The SMILES string of the molecule is COc1ccc2cc(-c3ccccc3CCO)ccc2c1. The molecule has 0 unspecified atom stereocenters. The number of methoxy groups -OCH3 is 1. The minimum absolute atomic E-state index is 0.168. The van der Waals surface area contributed by atoms with Gasteiger partial charge in [0, 0.05) is 6.61 Å². The zero-order valence-electron chi connectivity index (χ0n) is 12.0. The number of ether oxygens (including phenoxy) is 1. The fourth-order valence-corrected chi connectivity index (χ4v) is 2.66. The van der Waals surface area contributed by atoms with Gasteiger partial charge in [0.2, 0.25) is 0 Å². The molecule has 106 valence electrons. The van der Waals surface area contributed by atoms with Gasteiger partial charge in [-0.1, -0.05) is 42.5 Å². The van der Waals surface area contributed by atoms with Crippen LogP contribution in [0.15, 0.2) is 60.7 Å². The van der Waals surface area contributed by atoms with E-state index in [1.54, 1.807) is 7.11 Å². The first kappa shape index (κ1) is 13.7. The third-order valence-electron chi connectivity index (χ3n) is 3.76. The van der Waals surface area contributed by atoms with E-state index in [4.69, 9.17) is 4.74 Å².